The van der Waals surface area contributed by atoms with E-state index >= 15 is 0 Å². The first kappa shape index (κ1) is 16.0. The average Bonchev–Trinajstić information content (AvgIpc) is 2.46. The Bertz CT molecular complexity index is 505. The minimum atomic E-state index is 0.545. The molecule has 1 aliphatic rings. The Morgan fingerprint density at radius 1 is 1.29 bits per heavy atom. The topological polar surface area (TPSA) is 36.4 Å². The number of nitrogens with one attached hydrogen (secondary N) is 2. The molecular weight excluding hydrogens is 278 g/mol. The molecule has 0 saturated heterocycles. The molecule has 114 valence electrons. The maximum atomic E-state index is 5.29. The highest BCUT2D eigenvalue weighted by Gasteiger charge is 2.13. The van der Waals surface area contributed by atoms with Crippen molar-refractivity contribution in [2.75, 3.05) is 5.32 Å². The zero-order valence-electron chi connectivity index (χ0n) is 13.1. The second-order valence-electron chi connectivity index (χ2n) is 6.22. The molecule has 0 amide bonds. The number of hydrazone groups is 1. The summed E-state index contributed by atoms with van der Waals surface area (Å²) < 4.78 is 0. The van der Waals surface area contributed by atoms with Gasteiger partial charge in [-0.15, -0.1) is 0 Å². The highest BCUT2D eigenvalue weighted by molar-refractivity contribution is 7.80. The van der Waals surface area contributed by atoms with Gasteiger partial charge in [0.2, 0.25) is 0 Å². The summed E-state index contributed by atoms with van der Waals surface area (Å²) in [7, 11) is 0. The number of rotatable bonds is 3. The standard InChI is InChI=1S/C17H25N3S/c1-12(2)14-7-9-15(10-8-14)18-17(21)20-19-16-6-4-5-13(3)11-16/h7-10,12-13H,4-6,11H2,1-3H3,(H2,18,20,21)/b19-16+/t13-/m1/s1. The number of hydrogen-bond donors (Lipinski definition) is 2. The van der Waals surface area contributed by atoms with E-state index in [2.05, 4.69) is 60.9 Å². The van der Waals surface area contributed by atoms with Crippen molar-refractivity contribution >= 4 is 28.7 Å². The third kappa shape index (κ3) is 5.12. The molecule has 4 heteroatoms. The predicted octanol–water partition coefficient (Wildman–Crippen LogP) is 4.66. The zero-order chi connectivity index (χ0) is 15.2. The average molecular weight is 303 g/mol. The van der Waals surface area contributed by atoms with E-state index in [1.807, 2.05) is 0 Å². The molecule has 0 aliphatic heterocycles. The summed E-state index contributed by atoms with van der Waals surface area (Å²) in [6.45, 7) is 6.66. The first-order chi connectivity index (χ1) is 10.0. The number of anilines is 1. The fourth-order valence-corrected chi connectivity index (χ4v) is 2.77. The molecule has 0 radical (unpaired) electrons. The van der Waals surface area contributed by atoms with Crippen LogP contribution in [0.1, 0.15) is 57.9 Å². The summed E-state index contributed by atoms with van der Waals surface area (Å²) in [6.07, 6.45) is 4.71. The monoisotopic (exact) mass is 303 g/mol. The minimum Gasteiger partial charge on any atom is -0.331 e. The molecule has 2 rings (SSSR count). The van der Waals surface area contributed by atoms with Crippen molar-refractivity contribution in [2.45, 2.75) is 52.4 Å². The third-order valence-electron chi connectivity index (χ3n) is 3.90. The van der Waals surface area contributed by atoms with E-state index in [4.69, 9.17) is 12.2 Å². The van der Waals surface area contributed by atoms with Crippen LogP contribution in [-0.4, -0.2) is 10.8 Å². The molecule has 1 aromatic rings. The first-order valence-electron chi connectivity index (χ1n) is 7.77. The van der Waals surface area contributed by atoms with Crippen LogP contribution in [0.4, 0.5) is 5.69 Å². The van der Waals surface area contributed by atoms with Crippen LogP contribution >= 0.6 is 12.2 Å². The van der Waals surface area contributed by atoms with Gasteiger partial charge in [0.15, 0.2) is 5.11 Å². The molecule has 0 aromatic heterocycles. The fourth-order valence-electron chi connectivity index (χ4n) is 2.60. The largest absolute Gasteiger partial charge is 0.331 e. The Balaban J connectivity index is 1.85. The van der Waals surface area contributed by atoms with Gasteiger partial charge in [0.1, 0.15) is 0 Å². The number of hydrogen-bond acceptors (Lipinski definition) is 2. The Kier molecular flexibility index (Phi) is 5.74. The maximum absolute atomic E-state index is 5.29. The van der Waals surface area contributed by atoms with Crippen molar-refractivity contribution in [3.63, 3.8) is 0 Å². The van der Waals surface area contributed by atoms with Crippen LogP contribution in [0.5, 0.6) is 0 Å². The van der Waals surface area contributed by atoms with Crippen LogP contribution in [0.25, 0.3) is 0 Å². The smallest absolute Gasteiger partial charge is 0.191 e. The summed E-state index contributed by atoms with van der Waals surface area (Å²) in [5, 5.41) is 8.16. The van der Waals surface area contributed by atoms with Gasteiger partial charge >= 0.3 is 0 Å². The Morgan fingerprint density at radius 2 is 2.00 bits per heavy atom. The molecule has 21 heavy (non-hydrogen) atoms. The van der Waals surface area contributed by atoms with E-state index in [9.17, 15) is 0 Å². The molecule has 1 atom stereocenters. The lowest BCUT2D eigenvalue weighted by molar-refractivity contribution is 0.498. The van der Waals surface area contributed by atoms with E-state index in [0.29, 0.717) is 11.0 Å². The molecule has 3 nitrogen and oxygen atoms in total. The molecule has 2 N–H and O–H groups in total. The maximum Gasteiger partial charge on any atom is 0.191 e. The van der Waals surface area contributed by atoms with Crippen LogP contribution in [0.2, 0.25) is 0 Å². The van der Waals surface area contributed by atoms with Gasteiger partial charge in [0.05, 0.1) is 0 Å². The number of nitrogens with zero attached hydrogens (tertiary/aromatic N) is 1. The van der Waals surface area contributed by atoms with Crippen LogP contribution in [-0.2, 0) is 0 Å². The van der Waals surface area contributed by atoms with Gasteiger partial charge in [0.25, 0.3) is 0 Å². The van der Waals surface area contributed by atoms with E-state index < -0.39 is 0 Å². The Hall–Kier alpha value is -1.42. The van der Waals surface area contributed by atoms with Crippen molar-refractivity contribution in [2.24, 2.45) is 11.0 Å². The van der Waals surface area contributed by atoms with Gasteiger partial charge in [-0.05, 0) is 67.4 Å². The second-order valence-corrected chi connectivity index (χ2v) is 6.63. The van der Waals surface area contributed by atoms with E-state index in [1.54, 1.807) is 0 Å². The third-order valence-corrected chi connectivity index (χ3v) is 4.09. The van der Waals surface area contributed by atoms with Gasteiger partial charge in [-0.1, -0.05) is 32.9 Å². The van der Waals surface area contributed by atoms with Crippen molar-refractivity contribution in [3.05, 3.63) is 29.8 Å². The van der Waals surface area contributed by atoms with Gasteiger partial charge in [-0.3, -0.25) is 5.43 Å². The molecule has 0 spiro atoms. The lowest BCUT2D eigenvalue weighted by atomic mass is 9.89. The molecular formula is C17H25N3S. The molecule has 1 aliphatic carbocycles. The van der Waals surface area contributed by atoms with Gasteiger partial charge in [-0.25, -0.2) is 0 Å². The molecule has 1 saturated carbocycles. The SMILES string of the molecule is CC(C)c1ccc(NC(=S)N/N=C2\CCC[C@@H](C)C2)cc1. The van der Waals surface area contributed by atoms with Crippen molar-refractivity contribution < 1.29 is 0 Å². The molecule has 0 unspecified atom stereocenters. The predicted molar refractivity (Wildman–Crippen MR) is 95.0 cm³/mol. The normalized spacial score (nSPS) is 20.6. The van der Waals surface area contributed by atoms with Gasteiger partial charge < -0.3 is 5.32 Å². The van der Waals surface area contributed by atoms with Crippen LogP contribution in [0, 0.1) is 5.92 Å². The Labute approximate surface area is 133 Å². The number of thiocarbonyl (C=S) groups is 1. The van der Waals surface area contributed by atoms with Crippen LogP contribution in [0.3, 0.4) is 0 Å². The summed E-state index contributed by atoms with van der Waals surface area (Å²) >= 11 is 5.29. The highest BCUT2D eigenvalue weighted by atomic mass is 32.1. The molecule has 1 fully saturated rings. The minimum absolute atomic E-state index is 0.545. The van der Waals surface area contributed by atoms with Crippen molar-refractivity contribution in [3.8, 4) is 0 Å². The zero-order valence-corrected chi connectivity index (χ0v) is 14.0. The van der Waals surface area contributed by atoms with E-state index in [1.165, 1.54) is 24.1 Å². The van der Waals surface area contributed by atoms with Crippen molar-refractivity contribution in [1.29, 1.82) is 0 Å². The number of benzene rings is 1. The Morgan fingerprint density at radius 3 is 2.62 bits per heavy atom. The van der Waals surface area contributed by atoms with Crippen LogP contribution in [0.15, 0.2) is 29.4 Å². The van der Waals surface area contributed by atoms with Crippen LogP contribution < -0.4 is 10.7 Å². The molecule has 0 bridgehead atoms. The highest BCUT2D eigenvalue weighted by Crippen LogP contribution is 2.21. The second kappa shape index (κ2) is 7.55. The van der Waals surface area contributed by atoms with Crippen molar-refractivity contribution in [1.82, 2.24) is 5.43 Å². The van der Waals surface area contributed by atoms with Gasteiger partial charge in [-0.2, -0.15) is 5.10 Å². The first-order valence-corrected chi connectivity index (χ1v) is 8.18. The lowest BCUT2D eigenvalue weighted by Gasteiger charge is -2.19. The summed E-state index contributed by atoms with van der Waals surface area (Å²) in [5.74, 6) is 1.29. The van der Waals surface area contributed by atoms with E-state index in [-0.39, 0.29) is 0 Å². The fraction of sp³-hybridized carbons (Fsp3) is 0.529. The van der Waals surface area contributed by atoms with Gasteiger partial charge in [0, 0.05) is 11.4 Å². The molecule has 0 heterocycles. The summed E-state index contributed by atoms with van der Waals surface area (Å²) in [6, 6.07) is 8.37. The quantitative estimate of drug-likeness (QED) is 0.629. The van der Waals surface area contributed by atoms with E-state index in [0.717, 1.165) is 24.4 Å². The lowest BCUT2D eigenvalue weighted by Crippen LogP contribution is -2.26. The summed E-state index contributed by atoms with van der Waals surface area (Å²) in [4.78, 5) is 0. The molecule has 1 aromatic carbocycles. The summed E-state index contributed by atoms with van der Waals surface area (Å²) in [5.41, 5.74) is 6.52.